The largest absolute Gasteiger partial charge is 0.310 e. The number of aromatic nitrogens is 1. The van der Waals surface area contributed by atoms with Crippen molar-refractivity contribution in [3.8, 4) is 11.1 Å². The number of pyridine rings is 1. The van der Waals surface area contributed by atoms with Gasteiger partial charge in [-0.25, -0.2) is 0 Å². The van der Waals surface area contributed by atoms with E-state index in [1.54, 1.807) is 0 Å². The van der Waals surface area contributed by atoms with Crippen molar-refractivity contribution >= 4 is 0 Å². The van der Waals surface area contributed by atoms with Gasteiger partial charge in [0.15, 0.2) is 0 Å². The predicted octanol–water partition coefficient (Wildman–Crippen LogP) is 3.86. The summed E-state index contributed by atoms with van der Waals surface area (Å²) in [7, 11) is 0. The number of hydrogen-bond donors (Lipinski definition) is 1. The number of nitrogens with one attached hydrogen (secondary N) is 1. The molecule has 0 unspecified atom stereocenters. The SMILES string of the molecule is Cc1ccc(-c2cc(CNC(C)C)ccc2C)cn1. The average molecular weight is 254 g/mol. The van der Waals surface area contributed by atoms with Gasteiger partial charge in [-0.15, -0.1) is 0 Å². The van der Waals surface area contributed by atoms with E-state index in [9.17, 15) is 0 Å². The van der Waals surface area contributed by atoms with Crippen LogP contribution in [0.2, 0.25) is 0 Å². The lowest BCUT2D eigenvalue weighted by Gasteiger charge is -2.12. The number of hydrogen-bond acceptors (Lipinski definition) is 2. The highest BCUT2D eigenvalue weighted by Gasteiger charge is 2.04. The van der Waals surface area contributed by atoms with Gasteiger partial charge in [-0.1, -0.05) is 32.0 Å². The molecular formula is C17H22N2. The quantitative estimate of drug-likeness (QED) is 0.896. The Morgan fingerprint density at radius 3 is 2.53 bits per heavy atom. The fourth-order valence-electron chi connectivity index (χ4n) is 2.04. The van der Waals surface area contributed by atoms with Crippen LogP contribution in [0.15, 0.2) is 36.5 Å². The minimum atomic E-state index is 0.505. The van der Waals surface area contributed by atoms with E-state index in [2.05, 4.69) is 61.4 Å². The van der Waals surface area contributed by atoms with Gasteiger partial charge >= 0.3 is 0 Å². The summed E-state index contributed by atoms with van der Waals surface area (Å²) in [6, 6.07) is 11.4. The normalized spacial score (nSPS) is 11.0. The second kappa shape index (κ2) is 5.98. The van der Waals surface area contributed by atoms with Crippen LogP contribution in [0.5, 0.6) is 0 Å². The molecule has 19 heavy (non-hydrogen) atoms. The van der Waals surface area contributed by atoms with Crippen molar-refractivity contribution in [1.29, 1.82) is 0 Å². The van der Waals surface area contributed by atoms with E-state index in [0.29, 0.717) is 6.04 Å². The van der Waals surface area contributed by atoms with Crippen LogP contribution in [-0.4, -0.2) is 11.0 Å². The molecule has 1 N–H and O–H groups in total. The lowest BCUT2D eigenvalue weighted by atomic mass is 9.99. The molecule has 0 aliphatic heterocycles. The zero-order valence-electron chi connectivity index (χ0n) is 12.2. The molecule has 2 nitrogen and oxygen atoms in total. The molecular weight excluding hydrogens is 232 g/mol. The zero-order chi connectivity index (χ0) is 13.8. The van der Waals surface area contributed by atoms with Crippen LogP contribution in [0, 0.1) is 13.8 Å². The molecule has 0 bridgehead atoms. The molecule has 1 aromatic carbocycles. The lowest BCUT2D eigenvalue weighted by Crippen LogP contribution is -2.21. The van der Waals surface area contributed by atoms with Gasteiger partial charge in [0, 0.05) is 30.0 Å². The molecule has 0 fully saturated rings. The Hall–Kier alpha value is -1.67. The first-order valence-corrected chi connectivity index (χ1v) is 6.82. The number of aryl methyl sites for hydroxylation is 2. The van der Waals surface area contributed by atoms with Gasteiger partial charge in [0.2, 0.25) is 0 Å². The Morgan fingerprint density at radius 2 is 1.89 bits per heavy atom. The van der Waals surface area contributed by atoms with E-state index in [-0.39, 0.29) is 0 Å². The topological polar surface area (TPSA) is 24.9 Å². The molecule has 0 saturated carbocycles. The molecule has 100 valence electrons. The van der Waals surface area contributed by atoms with Crippen LogP contribution in [-0.2, 0) is 6.54 Å². The summed E-state index contributed by atoms with van der Waals surface area (Å²) < 4.78 is 0. The predicted molar refractivity (Wildman–Crippen MR) is 81.1 cm³/mol. The molecule has 0 saturated heterocycles. The Labute approximate surface area is 115 Å². The Bertz CT molecular complexity index is 542. The van der Waals surface area contributed by atoms with E-state index in [1.807, 2.05) is 13.1 Å². The van der Waals surface area contributed by atoms with Crippen LogP contribution in [0.1, 0.15) is 30.7 Å². The second-order valence-electron chi connectivity index (χ2n) is 5.37. The third-order valence-corrected chi connectivity index (χ3v) is 3.24. The van der Waals surface area contributed by atoms with E-state index in [1.165, 1.54) is 22.3 Å². The lowest BCUT2D eigenvalue weighted by molar-refractivity contribution is 0.589. The van der Waals surface area contributed by atoms with Crippen LogP contribution in [0.25, 0.3) is 11.1 Å². The Kier molecular flexibility index (Phi) is 4.33. The smallest absolute Gasteiger partial charge is 0.0373 e. The second-order valence-corrected chi connectivity index (χ2v) is 5.37. The summed E-state index contributed by atoms with van der Waals surface area (Å²) in [6.07, 6.45) is 1.96. The molecule has 2 aromatic rings. The fourth-order valence-corrected chi connectivity index (χ4v) is 2.04. The highest BCUT2D eigenvalue weighted by Crippen LogP contribution is 2.24. The van der Waals surface area contributed by atoms with Crippen LogP contribution < -0.4 is 5.32 Å². The molecule has 2 rings (SSSR count). The highest BCUT2D eigenvalue weighted by molar-refractivity contribution is 5.67. The first-order valence-electron chi connectivity index (χ1n) is 6.82. The Morgan fingerprint density at radius 1 is 1.11 bits per heavy atom. The van der Waals surface area contributed by atoms with Gasteiger partial charge in [-0.3, -0.25) is 4.98 Å². The Balaban J connectivity index is 2.29. The van der Waals surface area contributed by atoms with Crippen molar-refractivity contribution in [3.05, 3.63) is 53.3 Å². The highest BCUT2D eigenvalue weighted by atomic mass is 14.9. The number of rotatable bonds is 4. The van der Waals surface area contributed by atoms with Crippen molar-refractivity contribution in [2.24, 2.45) is 0 Å². The van der Waals surface area contributed by atoms with Gasteiger partial charge in [0.05, 0.1) is 0 Å². The molecule has 0 amide bonds. The summed E-state index contributed by atoms with van der Waals surface area (Å²) in [5, 5.41) is 3.45. The molecule has 0 radical (unpaired) electrons. The summed E-state index contributed by atoms with van der Waals surface area (Å²) in [5.74, 6) is 0. The summed E-state index contributed by atoms with van der Waals surface area (Å²) >= 11 is 0. The molecule has 0 spiro atoms. The standard InChI is InChI=1S/C17H22N2/c1-12(2)18-10-15-7-5-13(3)17(9-15)16-8-6-14(4)19-11-16/h5-9,11-12,18H,10H2,1-4H3. The van der Waals surface area contributed by atoms with Crippen molar-refractivity contribution in [1.82, 2.24) is 10.3 Å². The first-order chi connectivity index (χ1) is 9.06. The molecule has 0 aliphatic carbocycles. The first kappa shape index (κ1) is 13.8. The van der Waals surface area contributed by atoms with Gasteiger partial charge in [-0.05, 0) is 42.7 Å². The molecule has 0 atom stereocenters. The summed E-state index contributed by atoms with van der Waals surface area (Å²) in [6.45, 7) is 9.40. The third kappa shape index (κ3) is 3.65. The molecule has 1 heterocycles. The van der Waals surface area contributed by atoms with Crippen molar-refractivity contribution in [3.63, 3.8) is 0 Å². The zero-order valence-corrected chi connectivity index (χ0v) is 12.2. The maximum Gasteiger partial charge on any atom is 0.0373 e. The van der Waals surface area contributed by atoms with Gasteiger partial charge in [0.25, 0.3) is 0 Å². The van der Waals surface area contributed by atoms with Crippen molar-refractivity contribution < 1.29 is 0 Å². The van der Waals surface area contributed by atoms with E-state index in [0.717, 1.165) is 12.2 Å². The molecule has 2 heteroatoms. The number of benzene rings is 1. The molecule has 1 aromatic heterocycles. The van der Waals surface area contributed by atoms with Crippen LogP contribution in [0.3, 0.4) is 0 Å². The summed E-state index contributed by atoms with van der Waals surface area (Å²) in [5.41, 5.74) is 6.12. The average Bonchev–Trinajstić information content (AvgIpc) is 2.39. The minimum absolute atomic E-state index is 0.505. The summed E-state index contributed by atoms with van der Waals surface area (Å²) in [4.78, 5) is 4.38. The minimum Gasteiger partial charge on any atom is -0.310 e. The maximum absolute atomic E-state index is 4.38. The van der Waals surface area contributed by atoms with E-state index >= 15 is 0 Å². The van der Waals surface area contributed by atoms with Gasteiger partial charge in [0.1, 0.15) is 0 Å². The van der Waals surface area contributed by atoms with Crippen molar-refractivity contribution in [2.45, 2.75) is 40.3 Å². The monoisotopic (exact) mass is 254 g/mol. The molecule has 0 aliphatic rings. The number of nitrogens with zero attached hydrogens (tertiary/aromatic N) is 1. The van der Waals surface area contributed by atoms with E-state index < -0.39 is 0 Å². The van der Waals surface area contributed by atoms with E-state index in [4.69, 9.17) is 0 Å². The van der Waals surface area contributed by atoms with Gasteiger partial charge in [-0.2, -0.15) is 0 Å². The van der Waals surface area contributed by atoms with Gasteiger partial charge < -0.3 is 5.32 Å². The third-order valence-electron chi connectivity index (χ3n) is 3.24. The van der Waals surface area contributed by atoms with Crippen LogP contribution in [0.4, 0.5) is 0 Å². The maximum atomic E-state index is 4.38. The van der Waals surface area contributed by atoms with Crippen LogP contribution >= 0.6 is 0 Å². The van der Waals surface area contributed by atoms with Crippen molar-refractivity contribution in [2.75, 3.05) is 0 Å². The fraction of sp³-hybridized carbons (Fsp3) is 0.353.